The van der Waals surface area contributed by atoms with Gasteiger partial charge in [0.25, 0.3) is 0 Å². The van der Waals surface area contributed by atoms with E-state index in [1.165, 1.54) is 23.4 Å². The van der Waals surface area contributed by atoms with Gasteiger partial charge in [-0.2, -0.15) is 0 Å². The maximum Gasteiger partial charge on any atom is 0.182 e. The molecule has 0 fully saturated rings. The molecule has 3 heteroatoms. The second-order valence-electron chi connectivity index (χ2n) is 3.90. The molecule has 2 unspecified atom stereocenters. The highest BCUT2D eigenvalue weighted by Gasteiger charge is 2.25. The molecule has 0 saturated carbocycles. The number of nitrogens with zero attached hydrogens (tertiary/aromatic N) is 1. The second-order valence-corrected chi connectivity index (χ2v) is 4.93. The van der Waals surface area contributed by atoms with E-state index in [1.807, 2.05) is 18.4 Å². The van der Waals surface area contributed by atoms with Crippen LogP contribution in [0.2, 0.25) is 0 Å². The molecule has 0 aliphatic heterocycles. The highest BCUT2D eigenvalue weighted by molar-refractivity contribution is 7.15. The van der Waals surface area contributed by atoms with Crippen molar-refractivity contribution in [3.63, 3.8) is 0 Å². The van der Waals surface area contributed by atoms with E-state index in [-0.39, 0.29) is 0 Å². The zero-order valence-corrected chi connectivity index (χ0v) is 9.24. The molecular formula is C10H16N2S. The van der Waals surface area contributed by atoms with Gasteiger partial charge in [0.1, 0.15) is 0 Å². The molecule has 0 aromatic carbocycles. The highest BCUT2D eigenvalue weighted by atomic mass is 32.1. The van der Waals surface area contributed by atoms with Crippen molar-refractivity contribution >= 4 is 16.5 Å². The van der Waals surface area contributed by atoms with Gasteiger partial charge in [0, 0.05) is 11.9 Å². The molecule has 0 spiro atoms. The third-order valence-corrected chi connectivity index (χ3v) is 4.16. The van der Waals surface area contributed by atoms with Crippen LogP contribution < -0.4 is 5.32 Å². The monoisotopic (exact) mass is 196 g/mol. The molecule has 2 nitrogen and oxygen atoms in total. The Balaban J connectivity index is 2.41. The van der Waals surface area contributed by atoms with Crippen LogP contribution in [0.15, 0.2) is 0 Å². The molecule has 1 heterocycles. The average Bonchev–Trinajstić information content (AvgIpc) is 2.56. The second kappa shape index (κ2) is 3.29. The van der Waals surface area contributed by atoms with Gasteiger partial charge in [-0.15, -0.1) is 11.3 Å². The van der Waals surface area contributed by atoms with Gasteiger partial charge < -0.3 is 5.32 Å². The van der Waals surface area contributed by atoms with Gasteiger partial charge in [0.2, 0.25) is 0 Å². The summed E-state index contributed by atoms with van der Waals surface area (Å²) in [5.74, 6) is 1.37. The first-order chi connectivity index (χ1) is 6.22. The van der Waals surface area contributed by atoms with Crippen LogP contribution in [0.4, 0.5) is 5.13 Å². The third kappa shape index (κ3) is 1.46. The smallest absolute Gasteiger partial charge is 0.182 e. The average molecular weight is 196 g/mol. The molecular weight excluding hydrogens is 180 g/mol. The highest BCUT2D eigenvalue weighted by Crippen LogP contribution is 2.42. The van der Waals surface area contributed by atoms with Gasteiger partial charge in [0.05, 0.1) is 5.69 Å². The van der Waals surface area contributed by atoms with Crippen LogP contribution >= 0.6 is 11.3 Å². The van der Waals surface area contributed by atoms with Gasteiger partial charge in [-0.25, -0.2) is 4.98 Å². The minimum absolute atomic E-state index is 0.657. The number of fused-ring (bicyclic) bond motifs is 1. The summed E-state index contributed by atoms with van der Waals surface area (Å²) in [5, 5.41) is 4.21. The number of hydrogen-bond acceptors (Lipinski definition) is 3. The van der Waals surface area contributed by atoms with E-state index in [1.54, 1.807) is 0 Å². The topological polar surface area (TPSA) is 24.9 Å². The third-order valence-electron chi connectivity index (χ3n) is 2.84. The molecule has 0 radical (unpaired) electrons. The van der Waals surface area contributed by atoms with Crippen LogP contribution in [0.1, 0.15) is 49.1 Å². The van der Waals surface area contributed by atoms with Crippen molar-refractivity contribution in [3.05, 3.63) is 10.6 Å². The Kier molecular flexibility index (Phi) is 2.28. The summed E-state index contributed by atoms with van der Waals surface area (Å²) in [4.78, 5) is 6.11. The van der Waals surface area contributed by atoms with E-state index in [4.69, 9.17) is 0 Å². The first-order valence-corrected chi connectivity index (χ1v) is 5.72. The predicted molar refractivity (Wildman–Crippen MR) is 57.7 cm³/mol. The molecule has 1 aliphatic carbocycles. The molecule has 1 N–H and O–H groups in total. The van der Waals surface area contributed by atoms with Gasteiger partial charge >= 0.3 is 0 Å². The lowest BCUT2D eigenvalue weighted by Gasteiger charge is -2.21. The lowest BCUT2D eigenvalue weighted by Crippen LogP contribution is -2.08. The summed E-state index contributed by atoms with van der Waals surface area (Å²) in [7, 11) is 1.94. The number of hydrogen-bond donors (Lipinski definition) is 1. The quantitative estimate of drug-likeness (QED) is 0.746. The Morgan fingerprint density at radius 2 is 2.00 bits per heavy atom. The first kappa shape index (κ1) is 9.00. The van der Waals surface area contributed by atoms with Crippen molar-refractivity contribution in [3.8, 4) is 0 Å². The Hall–Kier alpha value is -0.570. The minimum Gasteiger partial charge on any atom is -0.365 e. The SMILES string of the molecule is CNc1nc2c(s1)C(C)CCC2C. The molecule has 13 heavy (non-hydrogen) atoms. The largest absolute Gasteiger partial charge is 0.365 e. The minimum atomic E-state index is 0.657. The van der Waals surface area contributed by atoms with Crippen molar-refractivity contribution in [1.82, 2.24) is 4.98 Å². The van der Waals surface area contributed by atoms with Gasteiger partial charge in [-0.3, -0.25) is 0 Å². The van der Waals surface area contributed by atoms with Crippen LogP contribution in [0.3, 0.4) is 0 Å². The van der Waals surface area contributed by atoms with E-state index in [0.717, 1.165) is 5.13 Å². The number of nitrogens with one attached hydrogen (secondary N) is 1. The predicted octanol–water partition coefficient (Wildman–Crippen LogP) is 3.19. The van der Waals surface area contributed by atoms with Crippen molar-refractivity contribution in [1.29, 1.82) is 0 Å². The van der Waals surface area contributed by atoms with E-state index >= 15 is 0 Å². The first-order valence-electron chi connectivity index (χ1n) is 4.90. The molecule has 2 rings (SSSR count). The molecule has 1 aromatic rings. The van der Waals surface area contributed by atoms with Crippen LogP contribution in [0.25, 0.3) is 0 Å². The van der Waals surface area contributed by atoms with Gasteiger partial charge in [-0.1, -0.05) is 13.8 Å². The normalized spacial score (nSPS) is 27.0. The summed E-state index contributed by atoms with van der Waals surface area (Å²) < 4.78 is 0. The summed E-state index contributed by atoms with van der Waals surface area (Å²) in [6.07, 6.45) is 2.61. The van der Waals surface area contributed by atoms with Crippen molar-refractivity contribution < 1.29 is 0 Å². The Bertz CT molecular complexity index is 278. The number of rotatable bonds is 1. The molecule has 1 aromatic heterocycles. The van der Waals surface area contributed by atoms with Crippen LogP contribution in [0.5, 0.6) is 0 Å². The maximum absolute atomic E-state index is 4.61. The maximum atomic E-state index is 4.61. The van der Waals surface area contributed by atoms with Gasteiger partial charge in [-0.05, 0) is 24.7 Å². The van der Waals surface area contributed by atoms with Crippen LogP contribution in [0, 0.1) is 0 Å². The lowest BCUT2D eigenvalue weighted by molar-refractivity contribution is 0.526. The van der Waals surface area contributed by atoms with Crippen LogP contribution in [-0.4, -0.2) is 12.0 Å². The molecule has 1 aliphatic rings. The zero-order valence-electron chi connectivity index (χ0n) is 8.42. The summed E-state index contributed by atoms with van der Waals surface area (Å²) in [6, 6.07) is 0. The van der Waals surface area contributed by atoms with Crippen molar-refractivity contribution in [2.24, 2.45) is 0 Å². The molecule has 2 atom stereocenters. The van der Waals surface area contributed by atoms with E-state index in [0.29, 0.717) is 11.8 Å². The van der Waals surface area contributed by atoms with E-state index in [2.05, 4.69) is 24.1 Å². The Morgan fingerprint density at radius 1 is 1.31 bits per heavy atom. The lowest BCUT2D eigenvalue weighted by atomic mass is 9.86. The van der Waals surface area contributed by atoms with E-state index < -0.39 is 0 Å². The van der Waals surface area contributed by atoms with Crippen LogP contribution in [-0.2, 0) is 0 Å². The number of aromatic nitrogens is 1. The number of anilines is 1. The molecule has 0 saturated heterocycles. The number of thiazole rings is 1. The summed E-state index contributed by atoms with van der Waals surface area (Å²) in [6.45, 7) is 4.59. The molecule has 72 valence electrons. The van der Waals surface area contributed by atoms with E-state index in [9.17, 15) is 0 Å². The fourth-order valence-corrected chi connectivity index (χ4v) is 3.05. The zero-order chi connectivity index (χ0) is 9.42. The van der Waals surface area contributed by atoms with Crippen molar-refractivity contribution in [2.75, 3.05) is 12.4 Å². The van der Waals surface area contributed by atoms with Gasteiger partial charge in [0.15, 0.2) is 5.13 Å². The fraction of sp³-hybridized carbons (Fsp3) is 0.700. The summed E-state index contributed by atoms with van der Waals surface area (Å²) in [5.41, 5.74) is 1.34. The summed E-state index contributed by atoms with van der Waals surface area (Å²) >= 11 is 1.82. The van der Waals surface area contributed by atoms with Crippen molar-refractivity contribution in [2.45, 2.75) is 38.5 Å². The molecule has 0 amide bonds. The Labute approximate surface area is 83.4 Å². The molecule has 0 bridgehead atoms. The fourth-order valence-electron chi connectivity index (χ4n) is 1.92. The Morgan fingerprint density at radius 3 is 2.62 bits per heavy atom. The standard InChI is InChI=1S/C10H16N2S/c1-6-4-5-7(2)9-8(6)12-10(11-3)13-9/h6-7H,4-5H2,1-3H3,(H,11,12).